The van der Waals surface area contributed by atoms with Crippen molar-refractivity contribution in [1.82, 2.24) is 4.98 Å². The number of aryl methyl sites for hydroxylation is 2. The second kappa shape index (κ2) is 2.63. The summed E-state index contributed by atoms with van der Waals surface area (Å²) in [6.45, 7) is 3.95. The molecule has 2 heteroatoms. The Morgan fingerprint density at radius 3 is 2.85 bits per heavy atom. The minimum atomic E-state index is 0.798. The average molecular weight is 170 g/mol. The van der Waals surface area contributed by atoms with E-state index in [1.807, 2.05) is 32.2 Å². The number of nitrogens with one attached hydrogen (secondary N) is 1. The Kier molecular flexibility index (Phi) is 1.60. The molecule has 0 atom stereocenters. The fourth-order valence-corrected chi connectivity index (χ4v) is 1.72. The Balaban J connectivity index is 2.95. The first kappa shape index (κ1) is 7.88. The molecule has 64 valence electrons. The molecule has 0 radical (unpaired) electrons. The van der Waals surface area contributed by atoms with Crippen molar-refractivity contribution in [3.8, 4) is 6.07 Å². The molecule has 1 N–H and O–H groups in total. The zero-order valence-corrected chi connectivity index (χ0v) is 7.68. The second-order valence-corrected chi connectivity index (χ2v) is 3.24. The van der Waals surface area contributed by atoms with Crippen LogP contribution in [0.4, 0.5) is 0 Å². The van der Waals surface area contributed by atoms with Crippen LogP contribution >= 0.6 is 0 Å². The fraction of sp³-hybridized carbons (Fsp3) is 0.182. The molecule has 0 saturated heterocycles. The minimum absolute atomic E-state index is 0.798. The van der Waals surface area contributed by atoms with E-state index in [-0.39, 0.29) is 0 Å². The molecule has 2 rings (SSSR count). The van der Waals surface area contributed by atoms with Crippen molar-refractivity contribution in [2.24, 2.45) is 0 Å². The number of aromatic amines is 1. The molecule has 2 nitrogen and oxygen atoms in total. The maximum atomic E-state index is 8.94. The smallest absolute Gasteiger partial charge is 0.0997 e. The standard InChI is InChI=1S/C11H10N2/c1-7-5-11-9(3-4-13-11)8(2)10(7)6-12/h3-5,13H,1-2H3. The first-order valence-corrected chi connectivity index (χ1v) is 4.21. The Bertz CT molecular complexity index is 501. The van der Waals surface area contributed by atoms with Crippen LogP contribution in [-0.2, 0) is 0 Å². The molecule has 1 aromatic carbocycles. The molecular weight excluding hydrogens is 160 g/mol. The SMILES string of the molecule is Cc1cc2[nH]ccc2c(C)c1C#N. The van der Waals surface area contributed by atoms with Gasteiger partial charge in [-0.3, -0.25) is 0 Å². The van der Waals surface area contributed by atoms with E-state index in [0.717, 1.165) is 27.6 Å². The summed E-state index contributed by atoms with van der Waals surface area (Å²) in [5.74, 6) is 0. The monoisotopic (exact) mass is 170 g/mol. The van der Waals surface area contributed by atoms with Crippen LogP contribution in [0.3, 0.4) is 0 Å². The van der Waals surface area contributed by atoms with Gasteiger partial charge in [-0.05, 0) is 37.1 Å². The zero-order valence-electron chi connectivity index (χ0n) is 7.68. The zero-order chi connectivity index (χ0) is 9.42. The van der Waals surface area contributed by atoms with Crippen molar-refractivity contribution in [1.29, 1.82) is 5.26 Å². The quantitative estimate of drug-likeness (QED) is 0.648. The largest absolute Gasteiger partial charge is 0.361 e. The van der Waals surface area contributed by atoms with Crippen molar-refractivity contribution in [2.45, 2.75) is 13.8 Å². The van der Waals surface area contributed by atoms with Crippen LogP contribution < -0.4 is 0 Å². The number of nitrogens with zero attached hydrogens (tertiary/aromatic N) is 1. The molecule has 0 amide bonds. The molecule has 0 unspecified atom stereocenters. The van der Waals surface area contributed by atoms with Crippen LogP contribution in [-0.4, -0.2) is 4.98 Å². The molecule has 0 saturated carbocycles. The number of aromatic nitrogens is 1. The number of hydrogen-bond donors (Lipinski definition) is 1. The number of benzene rings is 1. The molecule has 1 heterocycles. The summed E-state index contributed by atoms with van der Waals surface area (Å²) in [4.78, 5) is 3.14. The van der Waals surface area contributed by atoms with Gasteiger partial charge in [0.25, 0.3) is 0 Å². The van der Waals surface area contributed by atoms with Crippen LogP contribution in [0.2, 0.25) is 0 Å². The van der Waals surface area contributed by atoms with E-state index in [4.69, 9.17) is 5.26 Å². The van der Waals surface area contributed by atoms with Gasteiger partial charge in [-0.15, -0.1) is 0 Å². The van der Waals surface area contributed by atoms with Gasteiger partial charge in [-0.1, -0.05) is 0 Å². The van der Waals surface area contributed by atoms with Crippen molar-refractivity contribution in [3.05, 3.63) is 35.0 Å². The lowest BCUT2D eigenvalue weighted by molar-refractivity contribution is 1.35. The van der Waals surface area contributed by atoms with E-state index in [0.29, 0.717) is 0 Å². The van der Waals surface area contributed by atoms with E-state index in [9.17, 15) is 0 Å². The highest BCUT2D eigenvalue weighted by Crippen LogP contribution is 2.23. The summed E-state index contributed by atoms with van der Waals surface area (Å²) in [5.41, 5.74) is 4.01. The lowest BCUT2D eigenvalue weighted by atomic mass is 10.0. The summed E-state index contributed by atoms with van der Waals surface area (Å²) >= 11 is 0. The first-order valence-electron chi connectivity index (χ1n) is 4.21. The highest BCUT2D eigenvalue weighted by Gasteiger charge is 2.06. The van der Waals surface area contributed by atoms with Gasteiger partial charge >= 0.3 is 0 Å². The van der Waals surface area contributed by atoms with E-state index in [1.165, 1.54) is 0 Å². The predicted molar refractivity (Wildman–Crippen MR) is 52.5 cm³/mol. The van der Waals surface area contributed by atoms with E-state index in [2.05, 4.69) is 11.1 Å². The van der Waals surface area contributed by atoms with Crippen LogP contribution in [0, 0.1) is 25.2 Å². The third-order valence-electron chi connectivity index (χ3n) is 2.42. The highest BCUT2D eigenvalue weighted by atomic mass is 14.7. The minimum Gasteiger partial charge on any atom is -0.361 e. The van der Waals surface area contributed by atoms with E-state index in [1.54, 1.807) is 0 Å². The molecule has 0 aliphatic carbocycles. The first-order chi connectivity index (χ1) is 6.24. The van der Waals surface area contributed by atoms with Gasteiger partial charge in [0, 0.05) is 17.1 Å². The van der Waals surface area contributed by atoms with Crippen molar-refractivity contribution in [3.63, 3.8) is 0 Å². The molecular formula is C11H10N2. The number of fused-ring (bicyclic) bond motifs is 1. The average Bonchev–Trinajstić information content (AvgIpc) is 2.53. The second-order valence-electron chi connectivity index (χ2n) is 3.24. The lowest BCUT2D eigenvalue weighted by Gasteiger charge is -2.02. The molecule has 0 aliphatic heterocycles. The summed E-state index contributed by atoms with van der Waals surface area (Å²) in [7, 11) is 0. The van der Waals surface area contributed by atoms with E-state index < -0.39 is 0 Å². The summed E-state index contributed by atoms with van der Waals surface area (Å²) in [5, 5.41) is 10.1. The van der Waals surface area contributed by atoms with Crippen LogP contribution in [0.25, 0.3) is 10.9 Å². The van der Waals surface area contributed by atoms with Crippen LogP contribution in [0.5, 0.6) is 0 Å². The Morgan fingerprint density at radius 1 is 1.38 bits per heavy atom. The number of rotatable bonds is 0. The van der Waals surface area contributed by atoms with Crippen molar-refractivity contribution < 1.29 is 0 Å². The Morgan fingerprint density at radius 2 is 2.15 bits per heavy atom. The molecule has 0 spiro atoms. The van der Waals surface area contributed by atoms with Crippen LogP contribution in [0.1, 0.15) is 16.7 Å². The third kappa shape index (κ3) is 1.01. The molecule has 0 bridgehead atoms. The van der Waals surface area contributed by atoms with Gasteiger partial charge in [0.1, 0.15) is 0 Å². The highest BCUT2D eigenvalue weighted by molar-refractivity contribution is 5.85. The molecule has 2 aromatic rings. The number of H-pyrrole nitrogens is 1. The molecule has 1 aromatic heterocycles. The normalized spacial score (nSPS) is 10.2. The third-order valence-corrected chi connectivity index (χ3v) is 2.42. The van der Waals surface area contributed by atoms with Gasteiger partial charge in [-0.25, -0.2) is 0 Å². The number of hydrogen-bond acceptors (Lipinski definition) is 1. The Labute approximate surface area is 76.8 Å². The van der Waals surface area contributed by atoms with Gasteiger partial charge in [0.15, 0.2) is 0 Å². The number of nitriles is 1. The van der Waals surface area contributed by atoms with Crippen molar-refractivity contribution >= 4 is 10.9 Å². The van der Waals surface area contributed by atoms with Crippen LogP contribution in [0.15, 0.2) is 18.3 Å². The maximum Gasteiger partial charge on any atom is 0.0997 e. The van der Waals surface area contributed by atoms with Gasteiger partial charge in [0.2, 0.25) is 0 Å². The maximum absolute atomic E-state index is 8.94. The van der Waals surface area contributed by atoms with Gasteiger partial charge in [0.05, 0.1) is 11.6 Å². The summed E-state index contributed by atoms with van der Waals surface area (Å²) < 4.78 is 0. The van der Waals surface area contributed by atoms with Gasteiger partial charge in [-0.2, -0.15) is 5.26 Å². The summed E-state index contributed by atoms with van der Waals surface area (Å²) in [6.07, 6.45) is 1.90. The Hall–Kier alpha value is -1.75. The van der Waals surface area contributed by atoms with E-state index >= 15 is 0 Å². The predicted octanol–water partition coefficient (Wildman–Crippen LogP) is 2.66. The van der Waals surface area contributed by atoms with Gasteiger partial charge < -0.3 is 4.98 Å². The summed E-state index contributed by atoms with van der Waals surface area (Å²) in [6, 6.07) is 6.25. The molecule has 13 heavy (non-hydrogen) atoms. The topological polar surface area (TPSA) is 39.6 Å². The lowest BCUT2D eigenvalue weighted by Crippen LogP contribution is -1.88. The van der Waals surface area contributed by atoms with Crippen molar-refractivity contribution in [2.75, 3.05) is 0 Å². The molecule has 0 aliphatic rings. The fourth-order valence-electron chi connectivity index (χ4n) is 1.72. The molecule has 0 fully saturated rings.